The highest BCUT2D eigenvalue weighted by Crippen LogP contribution is 2.26. The van der Waals surface area contributed by atoms with E-state index < -0.39 is 0 Å². The van der Waals surface area contributed by atoms with Crippen LogP contribution in [0.25, 0.3) is 11.0 Å². The Labute approximate surface area is 165 Å². The number of benzene rings is 2. The quantitative estimate of drug-likeness (QED) is 0.648. The molecule has 0 unspecified atom stereocenters. The second-order valence-electron chi connectivity index (χ2n) is 7.50. The zero-order valence-electron chi connectivity index (χ0n) is 16.4. The summed E-state index contributed by atoms with van der Waals surface area (Å²) in [6.07, 6.45) is 3.95. The smallest absolute Gasteiger partial charge is 0.223 e. The fraction of sp³-hybridized carbons (Fsp3) is 0.391. The number of amides is 1. The molecule has 0 radical (unpaired) electrons. The number of aryl methyl sites for hydroxylation is 1. The first-order chi connectivity index (χ1) is 13.7. The van der Waals surface area contributed by atoms with Gasteiger partial charge in [-0.1, -0.05) is 36.2 Å². The van der Waals surface area contributed by atoms with Crippen LogP contribution < -0.4 is 10.1 Å². The highest BCUT2D eigenvalue weighted by molar-refractivity contribution is 5.79. The lowest BCUT2D eigenvalue weighted by Gasteiger charge is -2.24. The maximum atomic E-state index is 12.1. The summed E-state index contributed by atoms with van der Waals surface area (Å²) >= 11 is 0. The Hall–Kier alpha value is -2.82. The Morgan fingerprint density at radius 2 is 1.96 bits per heavy atom. The van der Waals surface area contributed by atoms with Crippen LogP contribution in [0, 0.1) is 12.8 Å². The molecule has 146 valence electrons. The van der Waals surface area contributed by atoms with Crippen LogP contribution in [-0.4, -0.2) is 28.6 Å². The minimum absolute atomic E-state index is 0.191. The summed E-state index contributed by atoms with van der Waals surface area (Å²) in [5, 5.41) is 3.07. The van der Waals surface area contributed by atoms with Crippen LogP contribution >= 0.6 is 0 Å². The number of fused-ring (bicyclic) bond motifs is 1. The maximum Gasteiger partial charge on any atom is 0.223 e. The number of nitrogens with one attached hydrogen (secondary N) is 1. The largest absolute Gasteiger partial charge is 0.492 e. The van der Waals surface area contributed by atoms with Gasteiger partial charge in [-0.3, -0.25) is 4.79 Å². The first-order valence-electron chi connectivity index (χ1n) is 10.1. The highest BCUT2D eigenvalue weighted by Gasteiger charge is 2.24. The van der Waals surface area contributed by atoms with Crippen molar-refractivity contribution in [3.63, 3.8) is 0 Å². The van der Waals surface area contributed by atoms with Crippen LogP contribution in [0.4, 0.5) is 0 Å². The van der Waals surface area contributed by atoms with E-state index in [0.29, 0.717) is 13.2 Å². The van der Waals surface area contributed by atoms with Crippen molar-refractivity contribution < 1.29 is 9.53 Å². The number of hydrogen-bond donors (Lipinski definition) is 1. The van der Waals surface area contributed by atoms with Gasteiger partial charge in [0.05, 0.1) is 17.6 Å². The van der Waals surface area contributed by atoms with E-state index in [9.17, 15) is 4.79 Å². The van der Waals surface area contributed by atoms with Crippen LogP contribution in [-0.2, 0) is 17.8 Å². The predicted molar refractivity (Wildman–Crippen MR) is 110 cm³/mol. The molecule has 1 saturated carbocycles. The second kappa shape index (κ2) is 8.46. The zero-order valence-corrected chi connectivity index (χ0v) is 16.4. The van der Waals surface area contributed by atoms with Crippen molar-refractivity contribution >= 4 is 16.9 Å². The predicted octanol–water partition coefficient (Wildman–Crippen LogP) is 3.88. The van der Waals surface area contributed by atoms with Crippen molar-refractivity contribution in [2.24, 2.45) is 5.92 Å². The van der Waals surface area contributed by atoms with Gasteiger partial charge in [0.2, 0.25) is 5.91 Å². The summed E-state index contributed by atoms with van der Waals surface area (Å²) in [7, 11) is 0. The topological polar surface area (TPSA) is 56.1 Å². The van der Waals surface area contributed by atoms with Crippen LogP contribution in [0.2, 0.25) is 0 Å². The van der Waals surface area contributed by atoms with Crippen LogP contribution in [0.1, 0.15) is 30.7 Å². The fourth-order valence-corrected chi connectivity index (χ4v) is 3.57. The van der Waals surface area contributed by atoms with Gasteiger partial charge in [0, 0.05) is 18.9 Å². The Morgan fingerprint density at radius 3 is 2.71 bits per heavy atom. The summed E-state index contributed by atoms with van der Waals surface area (Å²) in [4.78, 5) is 16.8. The zero-order chi connectivity index (χ0) is 19.3. The average Bonchev–Trinajstić information content (AvgIpc) is 3.00. The monoisotopic (exact) mass is 377 g/mol. The molecular formula is C23H27N3O2. The molecule has 1 aromatic heterocycles. The molecule has 3 aromatic rings. The van der Waals surface area contributed by atoms with E-state index >= 15 is 0 Å². The standard InChI is InChI=1S/C23H27N3O2/c1-17-9-11-19(12-10-17)28-16-15-26-21-8-3-2-7-20(21)25-22(26)13-14-24-23(27)18-5-4-6-18/h2-3,7-12,18H,4-6,13-16H2,1H3,(H,24,27). The number of rotatable bonds is 8. The number of ether oxygens (including phenoxy) is 1. The minimum Gasteiger partial charge on any atom is -0.492 e. The number of hydrogen-bond acceptors (Lipinski definition) is 3. The van der Waals surface area contributed by atoms with Gasteiger partial charge in [-0.25, -0.2) is 4.98 Å². The number of carbonyl (C=O) groups is 1. The van der Waals surface area contributed by atoms with Crippen molar-refractivity contribution in [1.82, 2.24) is 14.9 Å². The van der Waals surface area contributed by atoms with Gasteiger partial charge in [0.25, 0.3) is 0 Å². The molecule has 4 rings (SSSR count). The van der Waals surface area contributed by atoms with Crippen molar-refractivity contribution in [2.75, 3.05) is 13.2 Å². The minimum atomic E-state index is 0.191. The van der Waals surface area contributed by atoms with E-state index in [1.165, 1.54) is 12.0 Å². The average molecular weight is 377 g/mol. The summed E-state index contributed by atoms with van der Waals surface area (Å²) in [5.74, 6) is 2.28. The van der Waals surface area contributed by atoms with E-state index in [2.05, 4.69) is 35.0 Å². The molecule has 28 heavy (non-hydrogen) atoms. The van der Waals surface area contributed by atoms with E-state index in [1.54, 1.807) is 0 Å². The molecule has 0 saturated heterocycles. The molecule has 0 bridgehead atoms. The fourth-order valence-electron chi connectivity index (χ4n) is 3.57. The van der Waals surface area contributed by atoms with Gasteiger partial charge >= 0.3 is 0 Å². The maximum absolute atomic E-state index is 12.1. The van der Waals surface area contributed by atoms with Crippen LogP contribution in [0.3, 0.4) is 0 Å². The SMILES string of the molecule is Cc1ccc(OCCn2c(CCNC(=O)C3CCC3)nc3ccccc32)cc1. The molecule has 0 aliphatic heterocycles. The highest BCUT2D eigenvalue weighted by atomic mass is 16.5. The Kier molecular flexibility index (Phi) is 5.60. The Bertz CT molecular complexity index is 942. The molecule has 1 aliphatic carbocycles. The molecule has 1 amide bonds. The van der Waals surface area contributed by atoms with Gasteiger partial charge in [-0.05, 0) is 44.0 Å². The van der Waals surface area contributed by atoms with Gasteiger partial charge < -0.3 is 14.6 Å². The van der Waals surface area contributed by atoms with E-state index in [4.69, 9.17) is 9.72 Å². The lowest BCUT2D eigenvalue weighted by atomic mass is 9.85. The third-order valence-corrected chi connectivity index (χ3v) is 5.46. The van der Waals surface area contributed by atoms with Gasteiger partial charge in [0.1, 0.15) is 18.2 Å². The lowest BCUT2D eigenvalue weighted by molar-refractivity contribution is -0.127. The lowest BCUT2D eigenvalue weighted by Crippen LogP contribution is -2.35. The number of aromatic nitrogens is 2. The van der Waals surface area contributed by atoms with Gasteiger partial charge in [0.15, 0.2) is 0 Å². The van der Waals surface area contributed by atoms with Crippen LogP contribution in [0.5, 0.6) is 5.75 Å². The van der Waals surface area contributed by atoms with Gasteiger partial charge in [-0.2, -0.15) is 0 Å². The van der Waals surface area contributed by atoms with Crippen LogP contribution in [0.15, 0.2) is 48.5 Å². The summed E-state index contributed by atoms with van der Waals surface area (Å²) in [6.45, 7) is 3.99. The molecule has 0 spiro atoms. The number of nitrogens with zero attached hydrogens (tertiary/aromatic N) is 2. The van der Waals surface area contributed by atoms with Crippen molar-refractivity contribution in [3.05, 3.63) is 59.9 Å². The summed E-state index contributed by atoms with van der Waals surface area (Å²) < 4.78 is 8.12. The number of carbonyl (C=O) groups excluding carboxylic acids is 1. The Morgan fingerprint density at radius 1 is 1.18 bits per heavy atom. The van der Waals surface area contributed by atoms with Crippen molar-refractivity contribution in [2.45, 2.75) is 39.2 Å². The molecule has 5 nitrogen and oxygen atoms in total. The second-order valence-corrected chi connectivity index (χ2v) is 7.50. The first kappa shape index (κ1) is 18.5. The normalized spacial score (nSPS) is 14.0. The summed E-state index contributed by atoms with van der Waals surface area (Å²) in [5.41, 5.74) is 3.31. The van der Waals surface area contributed by atoms with E-state index in [0.717, 1.165) is 48.4 Å². The first-order valence-corrected chi connectivity index (χ1v) is 10.1. The molecule has 1 N–H and O–H groups in total. The molecule has 2 aromatic carbocycles. The van der Waals surface area contributed by atoms with Crippen molar-refractivity contribution in [3.8, 4) is 5.75 Å². The molecule has 5 heteroatoms. The number of imidazole rings is 1. The molecule has 1 heterocycles. The van der Waals surface area contributed by atoms with Gasteiger partial charge in [-0.15, -0.1) is 0 Å². The third kappa shape index (κ3) is 4.19. The van der Waals surface area contributed by atoms with E-state index in [-0.39, 0.29) is 11.8 Å². The van der Waals surface area contributed by atoms with E-state index in [1.807, 2.05) is 30.3 Å². The van der Waals surface area contributed by atoms with Crippen molar-refractivity contribution in [1.29, 1.82) is 0 Å². The third-order valence-electron chi connectivity index (χ3n) is 5.46. The molecular weight excluding hydrogens is 350 g/mol. The molecule has 1 aliphatic rings. The Balaban J connectivity index is 1.40. The molecule has 0 atom stereocenters. The molecule has 1 fully saturated rings. The number of para-hydroxylation sites is 2. The summed E-state index contributed by atoms with van der Waals surface area (Å²) in [6, 6.07) is 16.3.